The Morgan fingerprint density at radius 3 is 2.23 bits per heavy atom. The number of carbonyl (C=O) groups is 4. The van der Waals surface area contributed by atoms with E-state index in [-0.39, 0.29) is 29.7 Å². The minimum atomic E-state index is -1.14. The topological polar surface area (TPSA) is 105 Å². The number of amides is 4. The van der Waals surface area contributed by atoms with Crippen LogP contribution in [-0.2, 0) is 9.59 Å². The minimum absolute atomic E-state index is 0.00792. The lowest BCUT2D eigenvalue weighted by atomic mass is 9.53. The quantitative estimate of drug-likeness (QED) is 0.324. The molecule has 4 saturated carbocycles. The molecule has 4 amide bonds. The lowest BCUT2D eigenvalue weighted by molar-refractivity contribution is -0.136. The number of nitrogens with one attached hydrogen (secondary N) is 2. The Hall–Kier alpha value is -2.81. The minimum Gasteiger partial charge on any atom is -0.493 e. The standard InChI is InChI=1S/C30H38FN3O5/c31-21-6-8-23(26-25(21)28(37)34(29(26)38)22-7-9-24(35)33-27(22)36)39-11-5-3-1-2-4-10-32-30-15-18-12-19(16-30)14-20(13-18)17-30/h6,8,18-20,22,32H,1-5,7,9-17H2,(H,33,35,36). The molecule has 9 heteroatoms. The van der Waals surface area contributed by atoms with E-state index in [0.29, 0.717) is 12.1 Å². The third-order valence-electron chi connectivity index (χ3n) is 9.62. The number of fused-ring (bicyclic) bond motifs is 1. The molecule has 7 rings (SSSR count). The second-order valence-electron chi connectivity index (χ2n) is 12.5. The molecule has 0 spiro atoms. The van der Waals surface area contributed by atoms with Crippen LogP contribution in [0.5, 0.6) is 5.75 Å². The Morgan fingerprint density at radius 2 is 1.54 bits per heavy atom. The van der Waals surface area contributed by atoms with Gasteiger partial charge in [-0.2, -0.15) is 0 Å². The maximum atomic E-state index is 14.6. The molecule has 1 saturated heterocycles. The van der Waals surface area contributed by atoms with Crippen LogP contribution in [0.15, 0.2) is 12.1 Å². The molecule has 2 aliphatic heterocycles. The van der Waals surface area contributed by atoms with Gasteiger partial charge in [0.1, 0.15) is 17.6 Å². The molecular weight excluding hydrogens is 501 g/mol. The third-order valence-corrected chi connectivity index (χ3v) is 9.62. The van der Waals surface area contributed by atoms with Crippen molar-refractivity contribution >= 4 is 23.6 Å². The SMILES string of the molecule is O=C1CCC(N2C(=O)c3c(F)ccc(OCCCCCCCNC45CC6CC(CC(C6)C4)C5)c3C2=O)C(=O)N1. The summed E-state index contributed by atoms with van der Waals surface area (Å²) < 4.78 is 20.4. The number of rotatable bonds is 11. The average molecular weight is 540 g/mol. The second-order valence-corrected chi connectivity index (χ2v) is 12.5. The highest BCUT2D eigenvalue weighted by Gasteiger charge is 2.50. The first-order valence-corrected chi connectivity index (χ1v) is 14.8. The second kappa shape index (κ2) is 10.6. The number of piperidine rings is 1. The number of halogens is 1. The summed E-state index contributed by atoms with van der Waals surface area (Å²) in [6.45, 7) is 1.44. The maximum Gasteiger partial charge on any atom is 0.266 e. The van der Waals surface area contributed by atoms with E-state index in [2.05, 4.69) is 10.6 Å². The Morgan fingerprint density at radius 1 is 0.897 bits per heavy atom. The zero-order chi connectivity index (χ0) is 27.1. The van der Waals surface area contributed by atoms with Gasteiger partial charge in [-0.3, -0.25) is 29.4 Å². The molecule has 8 nitrogen and oxygen atoms in total. The number of imide groups is 2. The molecule has 2 N–H and O–H groups in total. The lowest BCUT2D eigenvalue weighted by Gasteiger charge is -2.57. The van der Waals surface area contributed by atoms with E-state index in [1.165, 1.54) is 51.0 Å². The molecule has 6 aliphatic rings. The van der Waals surface area contributed by atoms with E-state index in [1.54, 1.807) is 0 Å². The highest BCUT2D eigenvalue weighted by molar-refractivity contribution is 6.24. The van der Waals surface area contributed by atoms with E-state index >= 15 is 0 Å². The molecule has 1 aromatic carbocycles. The van der Waals surface area contributed by atoms with Gasteiger partial charge in [0.15, 0.2) is 0 Å². The number of nitrogens with zero attached hydrogens (tertiary/aromatic N) is 1. The van der Waals surface area contributed by atoms with Crippen molar-refractivity contribution in [2.24, 2.45) is 17.8 Å². The van der Waals surface area contributed by atoms with Crippen molar-refractivity contribution in [3.05, 3.63) is 29.1 Å². The molecule has 4 aliphatic carbocycles. The summed E-state index contributed by atoms with van der Waals surface area (Å²) in [6, 6.07) is 1.34. The maximum absolute atomic E-state index is 14.6. The fraction of sp³-hybridized carbons (Fsp3) is 0.667. The van der Waals surface area contributed by atoms with Crippen LogP contribution in [0.4, 0.5) is 4.39 Å². The van der Waals surface area contributed by atoms with Gasteiger partial charge in [0.25, 0.3) is 11.8 Å². The van der Waals surface area contributed by atoms with Crippen LogP contribution in [-0.4, -0.2) is 53.3 Å². The average Bonchev–Trinajstić information content (AvgIpc) is 3.14. The van der Waals surface area contributed by atoms with Crippen molar-refractivity contribution in [1.29, 1.82) is 0 Å². The van der Waals surface area contributed by atoms with Gasteiger partial charge in [0.2, 0.25) is 11.8 Å². The first kappa shape index (κ1) is 26.4. The molecule has 1 atom stereocenters. The number of unbranched alkanes of at least 4 members (excludes halogenated alkanes) is 4. The summed E-state index contributed by atoms with van der Waals surface area (Å²) in [7, 11) is 0. The van der Waals surface area contributed by atoms with Gasteiger partial charge in [-0.15, -0.1) is 0 Å². The van der Waals surface area contributed by atoms with Gasteiger partial charge in [0, 0.05) is 12.0 Å². The Balaban J connectivity index is 0.945. The Bertz CT molecular complexity index is 1150. The molecule has 1 unspecified atom stereocenters. The molecule has 39 heavy (non-hydrogen) atoms. The molecule has 4 bridgehead atoms. The van der Waals surface area contributed by atoms with Crippen LogP contribution < -0.4 is 15.4 Å². The predicted molar refractivity (Wildman–Crippen MR) is 141 cm³/mol. The first-order valence-electron chi connectivity index (χ1n) is 14.8. The van der Waals surface area contributed by atoms with E-state index in [0.717, 1.165) is 60.9 Å². The number of hydrogen-bond acceptors (Lipinski definition) is 6. The molecular formula is C30H38FN3O5. The van der Waals surface area contributed by atoms with Crippen molar-refractivity contribution < 1.29 is 28.3 Å². The fourth-order valence-corrected chi connectivity index (χ4v) is 8.26. The summed E-state index contributed by atoms with van der Waals surface area (Å²) in [5.74, 6) is -0.606. The van der Waals surface area contributed by atoms with Crippen molar-refractivity contribution in [2.45, 2.75) is 95.1 Å². The van der Waals surface area contributed by atoms with E-state index in [4.69, 9.17) is 4.74 Å². The highest BCUT2D eigenvalue weighted by Crippen LogP contribution is 2.55. The Kier molecular flexibility index (Phi) is 7.20. The van der Waals surface area contributed by atoms with Crippen molar-refractivity contribution in [2.75, 3.05) is 13.2 Å². The number of ether oxygens (including phenoxy) is 1. The molecule has 210 valence electrons. The number of benzene rings is 1. The number of hydrogen-bond donors (Lipinski definition) is 2. The van der Waals surface area contributed by atoms with E-state index in [9.17, 15) is 23.6 Å². The zero-order valence-corrected chi connectivity index (χ0v) is 22.4. The van der Waals surface area contributed by atoms with Gasteiger partial charge in [0.05, 0.1) is 17.7 Å². The molecule has 5 fully saturated rings. The summed E-state index contributed by atoms with van der Waals surface area (Å²) >= 11 is 0. The summed E-state index contributed by atoms with van der Waals surface area (Å²) in [4.78, 5) is 50.6. The smallest absolute Gasteiger partial charge is 0.266 e. The van der Waals surface area contributed by atoms with Crippen molar-refractivity contribution in [3.8, 4) is 5.75 Å². The summed E-state index contributed by atoms with van der Waals surface area (Å²) in [6.07, 6.45) is 13.7. The van der Waals surface area contributed by atoms with Crippen molar-refractivity contribution in [1.82, 2.24) is 15.5 Å². The van der Waals surface area contributed by atoms with Crippen LogP contribution >= 0.6 is 0 Å². The van der Waals surface area contributed by atoms with Crippen LogP contribution in [0.3, 0.4) is 0 Å². The lowest BCUT2D eigenvalue weighted by Crippen LogP contribution is -2.58. The van der Waals surface area contributed by atoms with Crippen LogP contribution in [0, 0.1) is 23.6 Å². The van der Waals surface area contributed by atoms with Crippen molar-refractivity contribution in [3.63, 3.8) is 0 Å². The molecule has 0 radical (unpaired) electrons. The van der Waals surface area contributed by atoms with Crippen LogP contribution in [0.25, 0.3) is 0 Å². The molecule has 1 aromatic rings. The van der Waals surface area contributed by atoms with Gasteiger partial charge in [-0.05, 0) is 94.2 Å². The monoisotopic (exact) mass is 539 g/mol. The fourth-order valence-electron chi connectivity index (χ4n) is 8.26. The number of carbonyl (C=O) groups excluding carboxylic acids is 4. The Labute approximate surface area is 228 Å². The highest BCUT2D eigenvalue weighted by atomic mass is 19.1. The predicted octanol–water partition coefficient (Wildman–Crippen LogP) is 4.11. The van der Waals surface area contributed by atoms with E-state index in [1.807, 2.05) is 0 Å². The van der Waals surface area contributed by atoms with E-state index < -0.39 is 35.5 Å². The van der Waals surface area contributed by atoms with Crippen LogP contribution in [0.2, 0.25) is 0 Å². The molecule has 2 heterocycles. The van der Waals surface area contributed by atoms with Gasteiger partial charge < -0.3 is 10.1 Å². The summed E-state index contributed by atoms with van der Waals surface area (Å²) in [5, 5.41) is 6.10. The zero-order valence-electron chi connectivity index (χ0n) is 22.4. The summed E-state index contributed by atoms with van der Waals surface area (Å²) in [5.41, 5.74) is -0.0841. The van der Waals surface area contributed by atoms with Crippen LogP contribution in [0.1, 0.15) is 104 Å². The van der Waals surface area contributed by atoms with Gasteiger partial charge >= 0.3 is 0 Å². The van der Waals surface area contributed by atoms with Gasteiger partial charge in [-0.1, -0.05) is 19.3 Å². The van der Waals surface area contributed by atoms with Gasteiger partial charge in [-0.25, -0.2) is 4.39 Å². The third kappa shape index (κ3) is 5.10. The normalized spacial score (nSPS) is 31.2. The molecule has 0 aromatic heterocycles. The first-order chi connectivity index (χ1) is 18.8. The largest absolute Gasteiger partial charge is 0.493 e.